The number of hydrogen-bond donors (Lipinski definition) is 1. The monoisotopic (exact) mass is 420 g/mol. The van der Waals surface area contributed by atoms with E-state index < -0.39 is 0 Å². The zero-order valence-corrected chi connectivity index (χ0v) is 18.1. The second kappa shape index (κ2) is 8.85. The van der Waals surface area contributed by atoms with E-state index in [1.807, 2.05) is 47.9 Å². The second-order valence-corrected chi connectivity index (χ2v) is 8.50. The number of rotatable bonds is 8. The van der Waals surface area contributed by atoms with E-state index in [1.54, 1.807) is 13.3 Å². The van der Waals surface area contributed by atoms with Crippen molar-refractivity contribution in [1.82, 2.24) is 19.7 Å². The minimum absolute atomic E-state index is 0.0656. The smallest absolute Gasteiger partial charge is 0.192 e. The molecule has 6 nitrogen and oxygen atoms in total. The summed E-state index contributed by atoms with van der Waals surface area (Å²) in [6.45, 7) is 5.12. The van der Waals surface area contributed by atoms with Crippen molar-refractivity contribution in [2.75, 3.05) is 13.7 Å². The van der Waals surface area contributed by atoms with Gasteiger partial charge >= 0.3 is 0 Å². The van der Waals surface area contributed by atoms with E-state index in [1.165, 1.54) is 11.8 Å². The molecule has 0 unspecified atom stereocenters. The average molecular weight is 421 g/mol. The molecule has 2 aromatic heterocycles. The van der Waals surface area contributed by atoms with Gasteiger partial charge in [-0.25, -0.2) is 0 Å². The summed E-state index contributed by atoms with van der Waals surface area (Å²) < 4.78 is 7.32. The average Bonchev–Trinajstić information content (AvgIpc) is 3.36. The molecule has 1 N–H and O–H groups in total. The van der Waals surface area contributed by atoms with E-state index in [0.717, 1.165) is 27.9 Å². The number of ether oxygens (including phenoxy) is 1. The van der Waals surface area contributed by atoms with Gasteiger partial charge in [-0.05, 0) is 26.0 Å². The fourth-order valence-corrected chi connectivity index (χ4v) is 4.41. The van der Waals surface area contributed by atoms with Gasteiger partial charge in [0.2, 0.25) is 0 Å². The molecule has 2 aromatic carbocycles. The van der Waals surface area contributed by atoms with Crippen LogP contribution in [0.1, 0.15) is 22.8 Å². The second-order valence-electron chi connectivity index (χ2n) is 7.19. The Morgan fingerprint density at radius 2 is 2.03 bits per heavy atom. The van der Waals surface area contributed by atoms with Gasteiger partial charge in [-0.1, -0.05) is 53.7 Å². The lowest BCUT2D eigenvalue weighted by Gasteiger charge is -2.13. The van der Waals surface area contributed by atoms with Gasteiger partial charge in [0, 0.05) is 35.3 Å². The minimum Gasteiger partial charge on any atom is -0.383 e. The standard InChI is InChI=1S/C23H24N4O2S/c1-15-7-6-8-17(13-15)22-25-26-23(27(22)11-12-29-3)30-16(2)21(28)19-14-24-20-10-5-4-9-18(19)20/h4-10,13-14,16,24H,11-12H2,1-3H3/t16-/m0/s1. The summed E-state index contributed by atoms with van der Waals surface area (Å²) in [6.07, 6.45) is 1.79. The van der Waals surface area contributed by atoms with Gasteiger partial charge in [0.25, 0.3) is 0 Å². The molecular formula is C23H24N4O2S. The van der Waals surface area contributed by atoms with E-state index in [2.05, 4.69) is 34.2 Å². The number of H-pyrrole nitrogens is 1. The number of fused-ring (bicyclic) bond motifs is 1. The number of para-hydroxylation sites is 1. The number of benzene rings is 2. The lowest BCUT2D eigenvalue weighted by molar-refractivity contribution is 0.0995. The van der Waals surface area contributed by atoms with Gasteiger partial charge in [0.1, 0.15) is 0 Å². The predicted octanol–water partition coefficient (Wildman–Crippen LogP) is 4.74. The number of Topliss-reactive ketones (excluding diaryl/α,β-unsaturated/α-hetero) is 1. The first-order valence-corrected chi connectivity index (χ1v) is 10.7. The molecule has 4 rings (SSSR count). The molecule has 2 heterocycles. The van der Waals surface area contributed by atoms with Gasteiger partial charge in [-0.3, -0.25) is 9.36 Å². The predicted molar refractivity (Wildman–Crippen MR) is 120 cm³/mol. The van der Waals surface area contributed by atoms with Crippen LogP contribution < -0.4 is 0 Å². The third kappa shape index (κ3) is 4.04. The summed E-state index contributed by atoms with van der Waals surface area (Å²) in [5, 5.41) is 10.2. The normalized spacial score (nSPS) is 12.4. The highest BCUT2D eigenvalue weighted by Crippen LogP contribution is 2.30. The van der Waals surface area contributed by atoms with E-state index in [9.17, 15) is 4.79 Å². The molecule has 4 aromatic rings. The summed E-state index contributed by atoms with van der Waals surface area (Å²) >= 11 is 1.43. The molecule has 0 saturated carbocycles. The number of nitrogens with zero attached hydrogens (tertiary/aromatic N) is 3. The molecule has 7 heteroatoms. The summed E-state index contributed by atoms with van der Waals surface area (Å²) in [4.78, 5) is 16.3. The van der Waals surface area contributed by atoms with Crippen molar-refractivity contribution in [2.24, 2.45) is 0 Å². The van der Waals surface area contributed by atoms with E-state index in [4.69, 9.17) is 4.74 Å². The molecule has 0 fully saturated rings. The molecule has 0 aliphatic heterocycles. The Labute approximate surface area is 179 Å². The van der Waals surface area contributed by atoms with Crippen LogP contribution in [0.25, 0.3) is 22.3 Å². The minimum atomic E-state index is -0.305. The number of hydrogen-bond acceptors (Lipinski definition) is 5. The Balaban J connectivity index is 1.62. The van der Waals surface area contributed by atoms with Gasteiger partial charge < -0.3 is 9.72 Å². The van der Waals surface area contributed by atoms with Crippen LogP contribution in [0.4, 0.5) is 0 Å². The number of aromatic amines is 1. The summed E-state index contributed by atoms with van der Waals surface area (Å²) in [7, 11) is 1.67. The highest BCUT2D eigenvalue weighted by Gasteiger charge is 2.23. The van der Waals surface area contributed by atoms with Crippen molar-refractivity contribution in [1.29, 1.82) is 0 Å². The fraction of sp³-hybridized carbons (Fsp3) is 0.261. The Morgan fingerprint density at radius 1 is 1.20 bits per heavy atom. The lowest BCUT2D eigenvalue weighted by atomic mass is 10.1. The number of carbonyl (C=O) groups is 1. The molecule has 0 saturated heterocycles. The molecule has 0 aliphatic rings. The number of ketones is 1. The van der Waals surface area contributed by atoms with Crippen molar-refractivity contribution in [3.8, 4) is 11.4 Å². The highest BCUT2D eigenvalue weighted by atomic mass is 32.2. The van der Waals surface area contributed by atoms with Crippen LogP contribution in [-0.2, 0) is 11.3 Å². The number of thioether (sulfide) groups is 1. The molecule has 30 heavy (non-hydrogen) atoms. The molecule has 0 radical (unpaired) electrons. The van der Waals surface area contributed by atoms with Crippen molar-refractivity contribution in [2.45, 2.75) is 30.8 Å². The SMILES string of the molecule is COCCn1c(S[C@@H](C)C(=O)c2c[nH]c3ccccc23)nnc1-c1cccc(C)c1. The van der Waals surface area contributed by atoms with Crippen molar-refractivity contribution >= 4 is 28.4 Å². The first-order valence-electron chi connectivity index (χ1n) is 9.84. The molecule has 0 bridgehead atoms. The summed E-state index contributed by atoms with van der Waals surface area (Å²) in [6, 6.07) is 16.0. The number of methoxy groups -OCH3 is 1. The van der Waals surface area contributed by atoms with E-state index in [0.29, 0.717) is 23.9 Å². The Morgan fingerprint density at radius 3 is 2.83 bits per heavy atom. The van der Waals surface area contributed by atoms with Crippen LogP contribution in [0.3, 0.4) is 0 Å². The van der Waals surface area contributed by atoms with Crippen LogP contribution in [0.5, 0.6) is 0 Å². The Kier molecular flexibility index (Phi) is 6.01. The maximum absolute atomic E-state index is 13.1. The third-order valence-electron chi connectivity index (χ3n) is 5.02. The number of nitrogens with one attached hydrogen (secondary N) is 1. The third-order valence-corrected chi connectivity index (χ3v) is 6.10. The van der Waals surface area contributed by atoms with Crippen molar-refractivity contribution in [3.05, 3.63) is 65.9 Å². The van der Waals surface area contributed by atoms with Crippen molar-refractivity contribution < 1.29 is 9.53 Å². The fourth-order valence-electron chi connectivity index (χ4n) is 3.46. The summed E-state index contributed by atoms with van der Waals surface area (Å²) in [5.74, 6) is 0.848. The molecule has 0 spiro atoms. The Hall–Kier alpha value is -2.90. The van der Waals surface area contributed by atoms with Gasteiger partial charge in [0.15, 0.2) is 16.8 Å². The van der Waals surface area contributed by atoms with Crippen molar-refractivity contribution in [3.63, 3.8) is 0 Å². The maximum atomic E-state index is 13.1. The van der Waals surface area contributed by atoms with E-state index >= 15 is 0 Å². The van der Waals surface area contributed by atoms with Gasteiger partial charge in [-0.2, -0.15) is 0 Å². The first kappa shape index (κ1) is 20.4. The zero-order chi connectivity index (χ0) is 21.1. The molecule has 154 valence electrons. The topological polar surface area (TPSA) is 72.8 Å². The lowest BCUT2D eigenvalue weighted by Crippen LogP contribution is -2.15. The zero-order valence-electron chi connectivity index (χ0n) is 17.3. The number of aromatic nitrogens is 4. The van der Waals surface area contributed by atoms with E-state index in [-0.39, 0.29) is 11.0 Å². The molecule has 1 atom stereocenters. The summed E-state index contributed by atoms with van der Waals surface area (Å²) in [5.41, 5.74) is 3.82. The molecular weight excluding hydrogens is 396 g/mol. The van der Waals surface area contributed by atoms with Crippen LogP contribution in [-0.4, -0.2) is 44.5 Å². The largest absolute Gasteiger partial charge is 0.383 e. The van der Waals surface area contributed by atoms with Gasteiger partial charge in [0.05, 0.1) is 18.4 Å². The van der Waals surface area contributed by atoms with Crippen LogP contribution in [0.15, 0.2) is 59.9 Å². The Bertz CT molecular complexity index is 1180. The van der Waals surface area contributed by atoms with Crippen LogP contribution in [0, 0.1) is 6.92 Å². The first-order chi connectivity index (χ1) is 14.6. The van der Waals surface area contributed by atoms with Crippen LogP contribution >= 0.6 is 11.8 Å². The molecule has 0 amide bonds. The number of carbonyl (C=O) groups excluding carboxylic acids is 1. The van der Waals surface area contributed by atoms with Gasteiger partial charge in [-0.15, -0.1) is 10.2 Å². The molecule has 0 aliphatic carbocycles. The number of aryl methyl sites for hydroxylation is 1. The quantitative estimate of drug-likeness (QED) is 0.329. The maximum Gasteiger partial charge on any atom is 0.192 e. The highest BCUT2D eigenvalue weighted by molar-refractivity contribution is 8.00. The van der Waals surface area contributed by atoms with Crippen LogP contribution in [0.2, 0.25) is 0 Å².